The maximum absolute atomic E-state index is 13.7. The normalized spacial score (nSPS) is 22.5. The molecular formula is C16H31FO. The van der Waals surface area contributed by atoms with Crippen molar-refractivity contribution in [3.63, 3.8) is 0 Å². The Labute approximate surface area is 112 Å². The fourth-order valence-corrected chi connectivity index (χ4v) is 3.36. The lowest BCUT2D eigenvalue weighted by Crippen LogP contribution is -2.30. The van der Waals surface area contributed by atoms with Crippen LogP contribution in [0, 0.1) is 10.8 Å². The van der Waals surface area contributed by atoms with Crippen molar-refractivity contribution in [1.82, 2.24) is 0 Å². The SMILES string of the molecule is CCCCC1(CC(C)(COC)CC(F)CC)CC1. The second kappa shape index (κ2) is 6.88. The number of halogens is 1. The van der Waals surface area contributed by atoms with E-state index in [1.165, 1.54) is 32.1 Å². The van der Waals surface area contributed by atoms with Crippen LogP contribution in [0.2, 0.25) is 0 Å². The minimum Gasteiger partial charge on any atom is -0.384 e. The molecule has 0 aromatic carbocycles. The van der Waals surface area contributed by atoms with Crippen molar-refractivity contribution in [1.29, 1.82) is 0 Å². The molecule has 0 aromatic rings. The van der Waals surface area contributed by atoms with Gasteiger partial charge in [-0.1, -0.05) is 33.6 Å². The average molecular weight is 258 g/mol. The van der Waals surface area contributed by atoms with Crippen LogP contribution in [-0.4, -0.2) is 19.9 Å². The number of hydrogen-bond donors (Lipinski definition) is 0. The van der Waals surface area contributed by atoms with E-state index in [1.807, 2.05) is 6.92 Å². The van der Waals surface area contributed by atoms with Gasteiger partial charge >= 0.3 is 0 Å². The quantitative estimate of drug-likeness (QED) is 0.527. The van der Waals surface area contributed by atoms with Gasteiger partial charge in [0.15, 0.2) is 0 Å². The van der Waals surface area contributed by atoms with Gasteiger partial charge in [-0.3, -0.25) is 0 Å². The Morgan fingerprint density at radius 2 is 2.00 bits per heavy atom. The largest absolute Gasteiger partial charge is 0.384 e. The van der Waals surface area contributed by atoms with Gasteiger partial charge in [0.25, 0.3) is 0 Å². The molecule has 0 radical (unpaired) electrons. The minimum absolute atomic E-state index is 0.0222. The van der Waals surface area contributed by atoms with Crippen LogP contribution in [0.1, 0.15) is 72.1 Å². The molecule has 2 unspecified atom stereocenters. The number of hydrogen-bond acceptors (Lipinski definition) is 1. The monoisotopic (exact) mass is 258 g/mol. The maximum atomic E-state index is 13.7. The van der Waals surface area contributed by atoms with E-state index in [-0.39, 0.29) is 5.41 Å². The Hall–Kier alpha value is -0.110. The second-order valence-electron chi connectivity index (χ2n) is 6.73. The first kappa shape index (κ1) is 15.9. The van der Waals surface area contributed by atoms with Crippen LogP contribution >= 0.6 is 0 Å². The molecule has 1 aliphatic carbocycles. The van der Waals surface area contributed by atoms with E-state index in [4.69, 9.17) is 4.74 Å². The molecule has 0 aliphatic heterocycles. The van der Waals surface area contributed by atoms with Gasteiger partial charge in [-0.25, -0.2) is 4.39 Å². The van der Waals surface area contributed by atoms with Crippen molar-refractivity contribution in [3.8, 4) is 0 Å². The van der Waals surface area contributed by atoms with Crippen LogP contribution in [0.4, 0.5) is 4.39 Å². The fraction of sp³-hybridized carbons (Fsp3) is 1.00. The first-order valence-electron chi connectivity index (χ1n) is 7.62. The number of rotatable bonds is 10. The number of methoxy groups -OCH3 is 1. The first-order valence-corrected chi connectivity index (χ1v) is 7.62. The van der Waals surface area contributed by atoms with Gasteiger partial charge in [0, 0.05) is 7.11 Å². The van der Waals surface area contributed by atoms with Gasteiger partial charge in [-0.15, -0.1) is 0 Å². The molecule has 1 nitrogen and oxygen atoms in total. The van der Waals surface area contributed by atoms with Crippen molar-refractivity contribution < 1.29 is 9.13 Å². The molecule has 0 heterocycles. The molecule has 18 heavy (non-hydrogen) atoms. The van der Waals surface area contributed by atoms with Crippen LogP contribution in [-0.2, 0) is 4.74 Å². The number of unbranched alkanes of at least 4 members (excludes halogenated alkanes) is 1. The van der Waals surface area contributed by atoms with Crippen molar-refractivity contribution in [2.45, 2.75) is 78.3 Å². The third-order valence-corrected chi connectivity index (χ3v) is 4.47. The van der Waals surface area contributed by atoms with Gasteiger partial charge in [0.05, 0.1) is 6.61 Å². The van der Waals surface area contributed by atoms with E-state index in [0.717, 1.165) is 6.42 Å². The summed E-state index contributed by atoms with van der Waals surface area (Å²) >= 11 is 0. The summed E-state index contributed by atoms with van der Waals surface area (Å²) in [6, 6.07) is 0. The molecule has 1 aliphatic rings. The van der Waals surface area contributed by atoms with E-state index in [0.29, 0.717) is 24.9 Å². The highest BCUT2D eigenvalue weighted by molar-refractivity contribution is 4.98. The molecular weight excluding hydrogens is 227 g/mol. The molecule has 2 atom stereocenters. The van der Waals surface area contributed by atoms with E-state index in [1.54, 1.807) is 7.11 Å². The summed E-state index contributed by atoms with van der Waals surface area (Å²) in [6.07, 6.45) is 8.35. The van der Waals surface area contributed by atoms with Gasteiger partial charge < -0.3 is 4.74 Å². The van der Waals surface area contributed by atoms with Crippen molar-refractivity contribution in [2.24, 2.45) is 10.8 Å². The van der Waals surface area contributed by atoms with Crippen LogP contribution < -0.4 is 0 Å². The Morgan fingerprint density at radius 1 is 1.33 bits per heavy atom. The predicted octanol–water partition coefficient (Wildman–Crippen LogP) is 5.14. The highest BCUT2D eigenvalue weighted by Gasteiger charge is 2.47. The van der Waals surface area contributed by atoms with Gasteiger partial charge in [-0.05, 0) is 49.4 Å². The van der Waals surface area contributed by atoms with E-state index in [9.17, 15) is 4.39 Å². The third-order valence-electron chi connectivity index (χ3n) is 4.47. The number of ether oxygens (including phenoxy) is 1. The average Bonchev–Trinajstić information content (AvgIpc) is 3.06. The first-order chi connectivity index (χ1) is 8.49. The zero-order valence-electron chi connectivity index (χ0n) is 12.7. The van der Waals surface area contributed by atoms with Crippen molar-refractivity contribution in [3.05, 3.63) is 0 Å². The summed E-state index contributed by atoms with van der Waals surface area (Å²) in [5, 5.41) is 0. The van der Waals surface area contributed by atoms with Crippen LogP contribution in [0.3, 0.4) is 0 Å². The molecule has 0 N–H and O–H groups in total. The van der Waals surface area contributed by atoms with E-state index in [2.05, 4.69) is 13.8 Å². The lowest BCUT2D eigenvalue weighted by atomic mass is 9.74. The molecule has 1 saturated carbocycles. The third kappa shape index (κ3) is 4.87. The summed E-state index contributed by atoms with van der Waals surface area (Å²) in [4.78, 5) is 0. The Bertz CT molecular complexity index is 237. The summed E-state index contributed by atoms with van der Waals surface area (Å²) in [5.74, 6) is 0. The van der Waals surface area contributed by atoms with E-state index >= 15 is 0 Å². The number of alkyl halides is 1. The second-order valence-corrected chi connectivity index (χ2v) is 6.73. The zero-order chi connectivity index (χ0) is 13.6. The van der Waals surface area contributed by atoms with Gasteiger partial charge in [0.2, 0.25) is 0 Å². The van der Waals surface area contributed by atoms with Crippen molar-refractivity contribution >= 4 is 0 Å². The molecule has 108 valence electrons. The van der Waals surface area contributed by atoms with Crippen LogP contribution in [0.25, 0.3) is 0 Å². The lowest BCUT2D eigenvalue weighted by molar-refractivity contribution is 0.0392. The van der Waals surface area contributed by atoms with Gasteiger partial charge in [0.1, 0.15) is 6.17 Å². The Balaban J connectivity index is 2.55. The lowest BCUT2D eigenvalue weighted by Gasteiger charge is -2.34. The molecule has 2 heteroatoms. The molecule has 0 bridgehead atoms. The van der Waals surface area contributed by atoms with Crippen molar-refractivity contribution in [2.75, 3.05) is 13.7 Å². The highest BCUT2D eigenvalue weighted by atomic mass is 19.1. The molecule has 0 spiro atoms. The summed E-state index contributed by atoms with van der Waals surface area (Å²) in [5.41, 5.74) is 0.547. The molecule has 0 saturated heterocycles. The standard InChI is InChI=1S/C16H31FO/c1-5-7-8-16(9-10-16)12-15(3,13-18-4)11-14(17)6-2/h14H,5-13H2,1-4H3. The summed E-state index contributed by atoms with van der Waals surface area (Å²) in [7, 11) is 1.74. The molecule has 1 fully saturated rings. The summed E-state index contributed by atoms with van der Waals surface area (Å²) < 4.78 is 19.1. The van der Waals surface area contributed by atoms with Gasteiger partial charge in [-0.2, -0.15) is 0 Å². The zero-order valence-corrected chi connectivity index (χ0v) is 12.7. The smallest absolute Gasteiger partial charge is 0.100 e. The molecule has 0 aromatic heterocycles. The predicted molar refractivity (Wildman–Crippen MR) is 75.6 cm³/mol. The minimum atomic E-state index is -0.674. The maximum Gasteiger partial charge on any atom is 0.100 e. The Morgan fingerprint density at radius 3 is 2.44 bits per heavy atom. The van der Waals surface area contributed by atoms with Crippen LogP contribution in [0.15, 0.2) is 0 Å². The molecule has 1 rings (SSSR count). The van der Waals surface area contributed by atoms with Crippen LogP contribution in [0.5, 0.6) is 0 Å². The molecule has 0 amide bonds. The van der Waals surface area contributed by atoms with E-state index < -0.39 is 6.17 Å². The topological polar surface area (TPSA) is 9.23 Å². The fourth-order valence-electron chi connectivity index (χ4n) is 3.36. The highest BCUT2D eigenvalue weighted by Crippen LogP contribution is 2.57. The summed E-state index contributed by atoms with van der Waals surface area (Å²) in [6.45, 7) is 7.09. The Kier molecular flexibility index (Phi) is 6.10.